The zero-order valence-corrected chi connectivity index (χ0v) is 11.4. The quantitative estimate of drug-likeness (QED) is 0.773. The Morgan fingerprint density at radius 2 is 2.22 bits per heavy atom. The molecule has 2 aromatic rings. The fourth-order valence-electron chi connectivity index (χ4n) is 2.34. The molecule has 0 aromatic carbocycles. The van der Waals surface area contributed by atoms with E-state index in [4.69, 9.17) is 5.73 Å². The van der Waals surface area contributed by atoms with E-state index >= 15 is 0 Å². The Bertz CT molecular complexity index is 591. The Morgan fingerprint density at radius 1 is 1.50 bits per heavy atom. The monoisotopic (exact) mass is 263 g/mol. The number of aromatic nitrogens is 1. The van der Waals surface area contributed by atoms with E-state index in [0.717, 1.165) is 22.9 Å². The maximum absolute atomic E-state index is 10.8. The highest BCUT2D eigenvalue weighted by atomic mass is 32.1. The minimum Gasteiger partial charge on any atom is -0.397 e. The number of nitrogens with two attached hydrogens (primary N) is 2. The third-order valence-corrected chi connectivity index (χ3v) is 4.32. The molecule has 18 heavy (non-hydrogen) atoms. The Hall–Kier alpha value is -1.46. The first-order valence-electron chi connectivity index (χ1n) is 5.95. The summed E-state index contributed by atoms with van der Waals surface area (Å²) in [5.41, 5.74) is 13.5. The number of thiophene rings is 1. The molecule has 1 aliphatic rings. The second-order valence-corrected chi connectivity index (χ2v) is 5.35. The average molecular weight is 263 g/mol. The van der Waals surface area contributed by atoms with Crippen molar-refractivity contribution in [2.24, 2.45) is 5.73 Å². The van der Waals surface area contributed by atoms with Crippen LogP contribution in [0.1, 0.15) is 40.2 Å². The van der Waals surface area contributed by atoms with Crippen molar-refractivity contribution in [1.29, 1.82) is 0 Å². The fraction of sp³-hybridized carbons (Fsp3) is 0.385. The molecular weight excluding hydrogens is 246 g/mol. The van der Waals surface area contributed by atoms with Crippen LogP contribution in [0.4, 0.5) is 5.69 Å². The molecule has 2 aromatic heterocycles. The lowest BCUT2D eigenvalue weighted by Gasteiger charge is -2.02. The molecule has 0 radical (unpaired) electrons. The normalized spacial score (nSPS) is 17.2. The lowest BCUT2D eigenvalue weighted by Crippen LogP contribution is -1.92. The molecule has 0 spiro atoms. The van der Waals surface area contributed by atoms with Crippen LogP contribution in [-0.2, 0) is 6.42 Å². The summed E-state index contributed by atoms with van der Waals surface area (Å²) in [4.78, 5) is 17.0. The molecule has 0 aliphatic heterocycles. The van der Waals surface area contributed by atoms with Gasteiger partial charge in [0.15, 0.2) is 6.29 Å². The molecule has 0 bridgehead atoms. The number of anilines is 1. The Morgan fingerprint density at radius 3 is 2.89 bits per heavy atom. The highest BCUT2D eigenvalue weighted by Crippen LogP contribution is 2.38. The van der Waals surface area contributed by atoms with Gasteiger partial charge in [-0.1, -0.05) is 6.92 Å². The van der Waals surface area contributed by atoms with Crippen molar-refractivity contribution in [2.45, 2.75) is 25.7 Å². The van der Waals surface area contributed by atoms with Crippen molar-refractivity contribution in [3.8, 4) is 0 Å². The molecule has 0 amide bonds. The van der Waals surface area contributed by atoms with Crippen molar-refractivity contribution in [2.75, 3.05) is 12.8 Å². The van der Waals surface area contributed by atoms with Crippen LogP contribution < -0.4 is 11.5 Å². The smallest absolute Gasteiger partial charge is 0.162 e. The fourth-order valence-corrected chi connectivity index (χ4v) is 3.24. The molecule has 1 aliphatic carbocycles. The molecule has 5 heteroatoms. The number of aryl methyl sites for hydroxylation is 1. The highest BCUT2D eigenvalue weighted by molar-refractivity contribution is 7.20. The van der Waals surface area contributed by atoms with E-state index in [0.29, 0.717) is 16.5 Å². The van der Waals surface area contributed by atoms with Gasteiger partial charge in [0, 0.05) is 11.1 Å². The van der Waals surface area contributed by atoms with Crippen LogP contribution in [0.25, 0.3) is 10.2 Å². The van der Waals surface area contributed by atoms with Gasteiger partial charge in [-0.3, -0.25) is 4.79 Å². The molecule has 96 valence electrons. The second kappa shape index (κ2) is 5.04. The van der Waals surface area contributed by atoms with Crippen LogP contribution in [0.3, 0.4) is 0 Å². The minimum atomic E-state index is 0.530. The number of pyridine rings is 1. The molecule has 3 rings (SSSR count). The molecule has 1 atom stereocenters. The van der Waals surface area contributed by atoms with Gasteiger partial charge in [0.2, 0.25) is 0 Å². The van der Waals surface area contributed by atoms with Crippen molar-refractivity contribution in [3.05, 3.63) is 22.2 Å². The van der Waals surface area contributed by atoms with Gasteiger partial charge in [0.05, 0.1) is 10.6 Å². The van der Waals surface area contributed by atoms with Crippen LogP contribution in [0, 0.1) is 0 Å². The minimum absolute atomic E-state index is 0.530. The van der Waals surface area contributed by atoms with Gasteiger partial charge >= 0.3 is 0 Å². The number of hydrogen-bond acceptors (Lipinski definition) is 5. The van der Waals surface area contributed by atoms with Crippen molar-refractivity contribution < 1.29 is 4.79 Å². The number of fused-ring (bicyclic) bond motifs is 2. The lowest BCUT2D eigenvalue weighted by molar-refractivity contribution is 0.112. The summed E-state index contributed by atoms with van der Waals surface area (Å²) in [6.45, 7) is 2.20. The average Bonchev–Trinajstić information content (AvgIpc) is 2.92. The number of nitrogen functional groups attached to an aromatic ring is 1. The highest BCUT2D eigenvalue weighted by Gasteiger charge is 2.22. The Kier molecular flexibility index (Phi) is 3.63. The van der Waals surface area contributed by atoms with Gasteiger partial charge in [0.1, 0.15) is 4.83 Å². The Balaban J connectivity index is 0.000000574. The number of nitrogens with zero attached hydrogens (tertiary/aromatic N) is 1. The summed E-state index contributed by atoms with van der Waals surface area (Å²) >= 11 is 1.39. The first-order valence-corrected chi connectivity index (χ1v) is 6.77. The summed E-state index contributed by atoms with van der Waals surface area (Å²) < 4.78 is 0. The molecule has 4 N–H and O–H groups in total. The topological polar surface area (TPSA) is 82.0 Å². The van der Waals surface area contributed by atoms with E-state index in [1.807, 2.05) is 0 Å². The number of hydrogen-bond donors (Lipinski definition) is 2. The van der Waals surface area contributed by atoms with Crippen molar-refractivity contribution >= 4 is 33.5 Å². The van der Waals surface area contributed by atoms with Crippen LogP contribution >= 0.6 is 11.3 Å². The van der Waals surface area contributed by atoms with E-state index in [2.05, 4.69) is 23.7 Å². The zero-order chi connectivity index (χ0) is 13.3. The third-order valence-electron chi connectivity index (χ3n) is 3.28. The molecule has 1 unspecified atom stereocenters. The molecular formula is C13H17N3OS. The third kappa shape index (κ3) is 1.89. The van der Waals surface area contributed by atoms with Gasteiger partial charge in [-0.15, -0.1) is 11.3 Å². The van der Waals surface area contributed by atoms with Gasteiger partial charge < -0.3 is 11.5 Å². The molecule has 0 saturated carbocycles. The first kappa shape index (κ1) is 13.0. The maximum atomic E-state index is 10.8. The molecule has 0 saturated heterocycles. The van der Waals surface area contributed by atoms with Crippen LogP contribution in [0.2, 0.25) is 0 Å². The van der Waals surface area contributed by atoms with Gasteiger partial charge in [-0.25, -0.2) is 4.98 Å². The van der Waals surface area contributed by atoms with E-state index in [-0.39, 0.29) is 0 Å². The van der Waals surface area contributed by atoms with Crippen LogP contribution in [0.15, 0.2) is 6.07 Å². The zero-order valence-electron chi connectivity index (χ0n) is 10.6. The number of rotatable bonds is 1. The molecule has 2 heterocycles. The van der Waals surface area contributed by atoms with Crippen molar-refractivity contribution in [3.63, 3.8) is 0 Å². The van der Waals surface area contributed by atoms with E-state index < -0.39 is 0 Å². The predicted molar refractivity (Wildman–Crippen MR) is 76.3 cm³/mol. The van der Waals surface area contributed by atoms with E-state index in [1.165, 1.54) is 36.1 Å². The SMILES string of the molecule is CC1CCc2cc3c(N)c(C=O)sc3nc21.CN. The number of carbonyl (C=O) groups excluding carboxylic acids is 1. The molecule has 4 nitrogen and oxygen atoms in total. The van der Waals surface area contributed by atoms with Crippen molar-refractivity contribution in [1.82, 2.24) is 4.98 Å². The van der Waals surface area contributed by atoms with Crippen LogP contribution in [0.5, 0.6) is 0 Å². The Labute approximate surface area is 110 Å². The first-order chi connectivity index (χ1) is 8.70. The van der Waals surface area contributed by atoms with E-state index in [9.17, 15) is 4.79 Å². The molecule has 0 fully saturated rings. The lowest BCUT2D eigenvalue weighted by atomic mass is 10.1. The summed E-state index contributed by atoms with van der Waals surface area (Å²) in [6, 6.07) is 2.11. The number of aldehydes is 1. The maximum Gasteiger partial charge on any atom is 0.162 e. The standard InChI is InChI=1S/C12H12N2OS.CH5N/c1-6-2-3-7-4-8-10(13)9(5-15)16-12(8)14-11(6)7;1-2/h4-6H,2-3,13H2,1H3;2H2,1H3. The van der Waals surface area contributed by atoms with E-state index in [1.54, 1.807) is 0 Å². The largest absolute Gasteiger partial charge is 0.397 e. The summed E-state index contributed by atoms with van der Waals surface area (Å²) in [6.07, 6.45) is 3.06. The van der Waals surface area contributed by atoms with Crippen LogP contribution in [-0.4, -0.2) is 18.3 Å². The summed E-state index contributed by atoms with van der Waals surface area (Å²) in [5.74, 6) is 0.530. The summed E-state index contributed by atoms with van der Waals surface area (Å²) in [7, 11) is 1.50. The summed E-state index contributed by atoms with van der Waals surface area (Å²) in [5, 5.41) is 0.944. The second-order valence-electron chi connectivity index (χ2n) is 4.32. The number of carbonyl (C=O) groups is 1. The van der Waals surface area contributed by atoms with Gasteiger partial charge in [0.25, 0.3) is 0 Å². The van der Waals surface area contributed by atoms with Gasteiger partial charge in [-0.05, 0) is 37.4 Å². The predicted octanol–water partition coefficient (Wildman–Crippen LogP) is 2.32. The van der Waals surface area contributed by atoms with Gasteiger partial charge in [-0.2, -0.15) is 0 Å².